The second kappa shape index (κ2) is 12.4. The highest BCUT2D eigenvalue weighted by Gasteiger charge is 2.41. The van der Waals surface area contributed by atoms with Gasteiger partial charge in [-0.1, -0.05) is 12.1 Å². The lowest BCUT2D eigenvalue weighted by Crippen LogP contribution is -2.43. The molecule has 1 aliphatic rings. The van der Waals surface area contributed by atoms with Gasteiger partial charge in [-0.2, -0.15) is 13.2 Å². The maximum atomic E-state index is 12.7. The van der Waals surface area contributed by atoms with Crippen molar-refractivity contribution in [3.05, 3.63) is 40.6 Å². The van der Waals surface area contributed by atoms with Crippen LogP contribution < -0.4 is 10.5 Å². The fourth-order valence-electron chi connectivity index (χ4n) is 4.02. The minimum Gasteiger partial charge on any atom is -0.484 e. The summed E-state index contributed by atoms with van der Waals surface area (Å²) in [5.41, 5.74) is 8.13. The van der Waals surface area contributed by atoms with Crippen molar-refractivity contribution < 1.29 is 32.2 Å². The van der Waals surface area contributed by atoms with Crippen LogP contribution in [0.3, 0.4) is 0 Å². The molecular weight excluding hydrogens is 573 g/mol. The number of amides is 1. The lowest BCUT2D eigenvalue weighted by Gasteiger charge is -2.32. The van der Waals surface area contributed by atoms with E-state index in [1.165, 1.54) is 27.6 Å². The number of halogens is 3. The standard InChI is InChI=1S/C25H25F3N4O4S3/c1-37-23-17(9-19(39-23)21(29)30)22-31-18(13-38-22)15-5-2-6-16(8-15)35-12-20(33)32-7-3-4-14(10-32)11-36-24(34)25(26,27)28/h2,5-6,8-9,13-14H,3-4,7,10-12H2,1H3,(H3,29,30). The Morgan fingerprint density at radius 3 is 2.82 bits per heavy atom. The van der Waals surface area contributed by atoms with Crippen molar-refractivity contribution in [3.63, 3.8) is 0 Å². The van der Waals surface area contributed by atoms with Gasteiger partial charge in [-0.3, -0.25) is 10.2 Å². The van der Waals surface area contributed by atoms with Crippen LogP contribution in [0.25, 0.3) is 21.8 Å². The normalized spacial score (nSPS) is 15.7. The molecule has 3 N–H and O–H groups in total. The van der Waals surface area contributed by atoms with Crippen LogP contribution in [-0.2, 0) is 14.3 Å². The van der Waals surface area contributed by atoms with Crippen LogP contribution >= 0.6 is 34.4 Å². The first kappa shape index (κ1) is 28.9. The zero-order chi connectivity index (χ0) is 28.2. The Morgan fingerprint density at radius 2 is 2.10 bits per heavy atom. The van der Waals surface area contributed by atoms with Crippen LogP contribution in [0.15, 0.2) is 39.9 Å². The van der Waals surface area contributed by atoms with Crippen LogP contribution in [-0.4, -0.2) is 66.3 Å². The molecule has 0 bridgehead atoms. The third-order valence-corrected chi connectivity index (χ3v) is 9.11. The molecule has 1 unspecified atom stereocenters. The highest BCUT2D eigenvalue weighted by Crippen LogP contribution is 2.40. The Morgan fingerprint density at radius 1 is 1.31 bits per heavy atom. The number of nitrogens with zero attached hydrogens (tertiary/aromatic N) is 2. The van der Waals surface area contributed by atoms with E-state index < -0.39 is 12.1 Å². The van der Waals surface area contributed by atoms with Crippen molar-refractivity contribution in [1.29, 1.82) is 5.41 Å². The van der Waals surface area contributed by atoms with Gasteiger partial charge in [-0.15, -0.1) is 34.4 Å². The van der Waals surface area contributed by atoms with Crippen molar-refractivity contribution in [2.24, 2.45) is 11.7 Å². The van der Waals surface area contributed by atoms with Gasteiger partial charge >= 0.3 is 12.1 Å². The Kier molecular flexibility index (Phi) is 9.18. The molecule has 0 saturated carbocycles. The van der Waals surface area contributed by atoms with Gasteiger partial charge in [0.2, 0.25) is 0 Å². The number of piperidine rings is 1. The average Bonchev–Trinajstić information content (AvgIpc) is 3.58. The van der Waals surface area contributed by atoms with E-state index in [1.807, 2.05) is 23.8 Å². The number of thioether (sulfide) groups is 1. The minimum absolute atomic E-state index is 0.0164. The summed E-state index contributed by atoms with van der Waals surface area (Å²) in [6.45, 7) is 0.0294. The number of likely N-dealkylation sites (tertiary alicyclic amines) is 1. The topological polar surface area (TPSA) is 119 Å². The summed E-state index contributed by atoms with van der Waals surface area (Å²) in [6.07, 6.45) is -1.92. The number of alkyl halides is 3. The molecule has 3 heterocycles. The number of carbonyl (C=O) groups is 2. The van der Waals surface area contributed by atoms with Gasteiger partial charge in [0.05, 0.1) is 21.4 Å². The number of benzene rings is 1. The largest absolute Gasteiger partial charge is 0.490 e. The first-order valence-electron chi connectivity index (χ1n) is 11.8. The lowest BCUT2D eigenvalue weighted by atomic mass is 9.99. The number of aromatic nitrogens is 1. The molecule has 1 amide bonds. The first-order valence-corrected chi connectivity index (χ1v) is 14.7. The van der Waals surface area contributed by atoms with Crippen molar-refractivity contribution in [2.45, 2.75) is 23.2 Å². The van der Waals surface area contributed by atoms with Crippen molar-refractivity contribution in [2.75, 3.05) is 32.6 Å². The molecule has 1 saturated heterocycles. The molecule has 3 aromatic rings. The van der Waals surface area contributed by atoms with Crippen LogP contribution in [0.4, 0.5) is 13.2 Å². The van der Waals surface area contributed by atoms with Gasteiger partial charge < -0.3 is 20.1 Å². The second-order valence-electron chi connectivity index (χ2n) is 8.73. The van der Waals surface area contributed by atoms with Gasteiger partial charge in [-0.25, -0.2) is 9.78 Å². The number of nitrogens with two attached hydrogens (primary N) is 1. The summed E-state index contributed by atoms with van der Waals surface area (Å²) in [4.78, 5) is 30.7. The molecular formula is C25H25F3N4O4S3. The van der Waals surface area contributed by atoms with Crippen LogP contribution in [0.1, 0.15) is 17.7 Å². The monoisotopic (exact) mass is 598 g/mol. The van der Waals surface area contributed by atoms with Crippen LogP contribution in [0, 0.1) is 11.3 Å². The molecule has 0 spiro atoms. The number of hydrogen-bond donors (Lipinski definition) is 2. The molecule has 1 aliphatic heterocycles. The molecule has 1 aromatic carbocycles. The van der Waals surface area contributed by atoms with Gasteiger partial charge in [0.15, 0.2) is 6.61 Å². The summed E-state index contributed by atoms with van der Waals surface area (Å²) >= 11 is 4.50. The number of esters is 1. The zero-order valence-electron chi connectivity index (χ0n) is 20.7. The number of nitrogens with one attached hydrogen (secondary N) is 1. The number of nitrogen functional groups attached to an aromatic ring is 1. The third-order valence-electron chi connectivity index (χ3n) is 5.93. The predicted molar refractivity (Wildman–Crippen MR) is 145 cm³/mol. The Balaban J connectivity index is 1.36. The highest BCUT2D eigenvalue weighted by atomic mass is 32.2. The Bertz CT molecular complexity index is 1360. The summed E-state index contributed by atoms with van der Waals surface area (Å²) in [5.74, 6) is -2.39. The van der Waals surface area contributed by atoms with Crippen molar-refractivity contribution in [3.8, 4) is 27.6 Å². The first-order chi connectivity index (χ1) is 18.5. The molecule has 0 radical (unpaired) electrons. The summed E-state index contributed by atoms with van der Waals surface area (Å²) in [6, 6.07) is 9.06. The molecule has 0 aliphatic carbocycles. The smallest absolute Gasteiger partial charge is 0.484 e. The Hall–Kier alpha value is -3.10. The fourth-order valence-corrected chi connectivity index (χ4v) is 6.73. The minimum atomic E-state index is -5.03. The SMILES string of the molecule is CSc1sc(C(=N)N)cc1-c1nc(-c2cccc(OCC(=O)N3CCCC(COC(=O)C(F)(F)F)C3)c2)cs1. The van der Waals surface area contributed by atoms with E-state index in [1.54, 1.807) is 30.0 Å². The van der Waals surface area contributed by atoms with Gasteiger partial charge in [-0.05, 0) is 37.3 Å². The van der Waals surface area contributed by atoms with E-state index in [0.717, 1.165) is 26.0 Å². The van der Waals surface area contributed by atoms with E-state index in [-0.39, 0.29) is 37.4 Å². The molecule has 39 heavy (non-hydrogen) atoms. The number of thiophene rings is 1. The average molecular weight is 599 g/mol. The fraction of sp³-hybridized carbons (Fsp3) is 0.360. The zero-order valence-corrected chi connectivity index (χ0v) is 23.2. The molecule has 208 valence electrons. The highest BCUT2D eigenvalue weighted by molar-refractivity contribution is 8.00. The molecule has 14 heteroatoms. The van der Waals surface area contributed by atoms with Crippen LogP contribution in [0.5, 0.6) is 5.75 Å². The third kappa shape index (κ3) is 7.31. The van der Waals surface area contributed by atoms with E-state index in [2.05, 4.69) is 4.74 Å². The van der Waals surface area contributed by atoms with Crippen LogP contribution in [0.2, 0.25) is 0 Å². The van der Waals surface area contributed by atoms with Gasteiger partial charge in [0.25, 0.3) is 5.91 Å². The van der Waals surface area contributed by atoms with E-state index in [4.69, 9.17) is 20.9 Å². The van der Waals surface area contributed by atoms with Gasteiger partial charge in [0, 0.05) is 35.5 Å². The molecule has 1 atom stereocenters. The number of hydrogen-bond acceptors (Lipinski definition) is 9. The van der Waals surface area contributed by atoms with E-state index in [9.17, 15) is 22.8 Å². The quantitative estimate of drug-likeness (QED) is 0.149. The number of carbonyl (C=O) groups excluding carboxylic acids is 2. The molecule has 4 rings (SSSR count). The molecule has 1 fully saturated rings. The summed E-state index contributed by atoms with van der Waals surface area (Å²) in [7, 11) is 0. The number of thiazole rings is 1. The summed E-state index contributed by atoms with van der Waals surface area (Å²) in [5, 5.41) is 10.4. The Labute approximate surface area is 234 Å². The lowest BCUT2D eigenvalue weighted by molar-refractivity contribution is -0.201. The van der Waals surface area contributed by atoms with E-state index >= 15 is 0 Å². The number of rotatable bonds is 9. The predicted octanol–water partition coefficient (Wildman–Crippen LogP) is 5.27. The van der Waals surface area contributed by atoms with Crippen molar-refractivity contribution in [1.82, 2.24) is 9.88 Å². The summed E-state index contributed by atoms with van der Waals surface area (Å²) < 4.78 is 48.2. The van der Waals surface area contributed by atoms with Gasteiger partial charge in [0.1, 0.15) is 16.6 Å². The second-order valence-corrected chi connectivity index (χ2v) is 11.7. The molecule has 2 aromatic heterocycles. The maximum Gasteiger partial charge on any atom is 0.490 e. The number of amidine groups is 1. The van der Waals surface area contributed by atoms with Crippen molar-refractivity contribution >= 4 is 52.1 Å². The number of ether oxygens (including phenoxy) is 2. The molecule has 8 nitrogen and oxygen atoms in total. The van der Waals surface area contributed by atoms with E-state index in [0.29, 0.717) is 30.0 Å². The maximum absolute atomic E-state index is 12.7.